The van der Waals surface area contributed by atoms with E-state index in [9.17, 15) is 10.3 Å². The molecule has 4 aromatic carbocycles. The zero-order chi connectivity index (χ0) is 35.2. The molecule has 0 unspecified atom stereocenters. The van der Waals surface area contributed by atoms with Crippen LogP contribution in [0.4, 0.5) is 5.69 Å². The van der Waals surface area contributed by atoms with Crippen molar-refractivity contribution in [1.82, 2.24) is 10.9 Å². The maximum Gasteiger partial charge on any atom is 0.266 e. The highest BCUT2D eigenvalue weighted by molar-refractivity contribution is 6.01. The van der Waals surface area contributed by atoms with E-state index in [2.05, 4.69) is 30.9 Å². The van der Waals surface area contributed by atoms with Gasteiger partial charge in [0.2, 0.25) is 5.90 Å². The smallest absolute Gasteiger partial charge is 0.266 e. The number of hydrazine groups is 1. The van der Waals surface area contributed by atoms with Crippen molar-refractivity contribution in [2.75, 3.05) is 26.9 Å². The summed E-state index contributed by atoms with van der Waals surface area (Å²) in [6.07, 6.45) is 0.0665. The molecule has 1 amide bonds. The zero-order valence-electron chi connectivity index (χ0n) is 27.5. The van der Waals surface area contributed by atoms with Crippen LogP contribution in [0.5, 0.6) is 11.5 Å². The normalized spacial score (nSPS) is 16.3. The summed E-state index contributed by atoms with van der Waals surface area (Å²) in [5.41, 5.74) is 26.5. The van der Waals surface area contributed by atoms with Crippen molar-refractivity contribution in [1.29, 1.82) is 0 Å². The Labute approximate surface area is 289 Å². The summed E-state index contributed by atoms with van der Waals surface area (Å²) < 4.78 is 17.8. The third kappa shape index (κ3) is 8.32. The van der Waals surface area contributed by atoms with Crippen LogP contribution in [-0.4, -0.2) is 49.3 Å². The van der Waals surface area contributed by atoms with Crippen molar-refractivity contribution in [3.05, 3.63) is 146 Å². The molecular formula is C36H37N9O5. The van der Waals surface area contributed by atoms with Crippen LogP contribution in [0.2, 0.25) is 0 Å². The van der Waals surface area contributed by atoms with Gasteiger partial charge in [-0.2, -0.15) is 0 Å². The molecule has 1 heterocycles. The lowest BCUT2D eigenvalue weighted by molar-refractivity contribution is -0.130. The molecule has 50 heavy (non-hydrogen) atoms. The summed E-state index contributed by atoms with van der Waals surface area (Å²) in [5, 5.41) is 16.8. The molecule has 3 N–H and O–H groups in total. The number of benzene rings is 4. The first-order valence-corrected chi connectivity index (χ1v) is 16.0. The molecule has 256 valence electrons. The molecule has 0 fully saturated rings. The van der Waals surface area contributed by atoms with E-state index in [4.69, 9.17) is 29.8 Å². The van der Waals surface area contributed by atoms with Crippen LogP contribution < -0.4 is 20.3 Å². The van der Waals surface area contributed by atoms with Crippen LogP contribution in [0.1, 0.15) is 40.3 Å². The topological polar surface area (TPSA) is 199 Å². The number of methoxy groups -OCH3 is 1. The van der Waals surface area contributed by atoms with Crippen LogP contribution in [-0.2, 0) is 28.9 Å². The first-order valence-electron chi connectivity index (χ1n) is 16.0. The minimum atomic E-state index is -1.63. The molecule has 4 aromatic rings. The Kier molecular flexibility index (Phi) is 12.3. The van der Waals surface area contributed by atoms with Gasteiger partial charge in [0.25, 0.3) is 5.91 Å². The highest BCUT2D eigenvalue weighted by Gasteiger charge is 2.54. The third-order valence-electron chi connectivity index (χ3n) is 8.20. The molecule has 0 aliphatic carbocycles. The Morgan fingerprint density at radius 1 is 0.960 bits per heavy atom. The summed E-state index contributed by atoms with van der Waals surface area (Å²) in [7, 11) is 1.61. The number of nitrogens with zero attached hydrogens (tertiary/aromatic N) is 7. The van der Waals surface area contributed by atoms with Gasteiger partial charge >= 0.3 is 0 Å². The number of hydrogen-bond acceptors (Lipinski definition) is 9. The highest BCUT2D eigenvalue weighted by Crippen LogP contribution is 2.45. The van der Waals surface area contributed by atoms with Gasteiger partial charge in [-0.25, -0.2) is 10.4 Å². The molecule has 0 bridgehead atoms. The molecular weight excluding hydrogens is 638 g/mol. The number of aliphatic hydroxyl groups is 1. The van der Waals surface area contributed by atoms with Crippen molar-refractivity contribution in [3.63, 3.8) is 0 Å². The third-order valence-corrected chi connectivity index (χ3v) is 8.20. The van der Waals surface area contributed by atoms with Crippen LogP contribution >= 0.6 is 0 Å². The van der Waals surface area contributed by atoms with Gasteiger partial charge in [0.15, 0.2) is 11.6 Å². The quantitative estimate of drug-likeness (QED) is 0.0371. The van der Waals surface area contributed by atoms with Crippen molar-refractivity contribution >= 4 is 17.5 Å². The number of rotatable bonds is 17. The number of carbonyl (C=O) groups excluding carboxylic acids is 1. The number of azide groups is 2. The van der Waals surface area contributed by atoms with E-state index in [-0.39, 0.29) is 31.2 Å². The van der Waals surface area contributed by atoms with Gasteiger partial charge in [-0.05, 0) is 64.5 Å². The van der Waals surface area contributed by atoms with Crippen molar-refractivity contribution in [2.45, 2.75) is 37.5 Å². The lowest BCUT2D eigenvalue weighted by Crippen LogP contribution is -2.54. The molecule has 0 radical (unpaired) electrons. The Balaban J connectivity index is 1.57. The summed E-state index contributed by atoms with van der Waals surface area (Å²) in [4.78, 5) is 25.6. The van der Waals surface area contributed by atoms with E-state index in [0.29, 0.717) is 42.9 Å². The van der Waals surface area contributed by atoms with Crippen LogP contribution in [0, 0.1) is 0 Å². The fraction of sp³-hybridized carbons (Fsp3) is 0.278. The maximum absolute atomic E-state index is 14.7. The second-order valence-corrected chi connectivity index (χ2v) is 11.3. The number of carbonyl (C=O) groups is 1. The van der Waals surface area contributed by atoms with E-state index < -0.39 is 17.6 Å². The van der Waals surface area contributed by atoms with Gasteiger partial charge in [-0.3, -0.25) is 10.2 Å². The summed E-state index contributed by atoms with van der Waals surface area (Å²) >= 11 is 0. The molecule has 5 rings (SSSR count). The average molecular weight is 676 g/mol. The van der Waals surface area contributed by atoms with Crippen LogP contribution in [0.15, 0.2) is 112 Å². The van der Waals surface area contributed by atoms with Gasteiger partial charge < -0.3 is 19.3 Å². The van der Waals surface area contributed by atoms with Gasteiger partial charge in [0, 0.05) is 52.6 Å². The molecule has 1 aliphatic rings. The van der Waals surface area contributed by atoms with E-state index >= 15 is 0 Å². The van der Waals surface area contributed by atoms with E-state index in [1.165, 1.54) is 0 Å². The Morgan fingerprint density at radius 2 is 1.68 bits per heavy atom. The summed E-state index contributed by atoms with van der Waals surface area (Å²) in [5.74, 6) is 1.05. The van der Waals surface area contributed by atoms with Crippen molar-refractivity contribution < 1.29 is 24.1 Å². The lowest BCUT2D eigenvalue weighted by Gasteiger charge is -2.32. The number of aliphatic hydroxyl groups excluding tert-OH is 1. The van der Waals surface area contributed by atoms with Gasteiger partial charge in [-0.15, -0.1) is 0 Å². The van der Waals surface area contributed by atoms with E-state index in [1.807, 2.05) is 48.5 Å². The molecule has 0 aromatic heterocycles. The molecule has 0 saturated carbocycles. The van der Waals surface area contributed by atoms with E-state index in [1.54, 1.807) is 55.6 Å². The van der Waals surface area contributed by atoms with Gasteiger partial charge in [0.05, 0.1) is 20.3 Å². The van der Waals surface area contributed by atoms with Crippen molar-refractivity contribution in [3.8, 4) is 11.5 Å². The number of hydrogen-bond donors (Lipinski definition) is 3. The summed E-state index contributed by atoms with van der Waals surface area (Å²) in [6.45, 7) is 0.822. The molecule has 0 saturated heterocycles. The largest absolute Gasteiger partial charge is 0.496 e. The average Bonchev–Trinajstić information content (AvgIpc) is 3.54. The number of ether oxygens (including phenoxy) is 3. The fourth-order valence-corrected chi connectivity index (χ4v) is 5.75. The molecule has 14 nitrogen and oxygen atoms in total. The minimum Gasteiger partial charge on any atom is -0.496 e. The van der Waals surface area contributed by atoms with Crippen LogP contribution in [0.25, 0.3) is 20.9 Å². The predicted octanol–water partition coefficient (Wildman–Crippen LogP) is 6.57. The Bertz CT molecular complexity index is 1910. The number of aliphatic imine (C=N–C) groups is 1. The molecule has 14 heteroatoms. The number of nitrogens with one attached hydrogen (secondary N) is 2. The second-order valence-electron chi connectivity index (χ2n) is 11.3. The first kappa shape index (κ1) is 35.3. The molecule has 2 atom stereocenters. The zero-order valence-corrected chi connectivity index (χ0v) is 27.5. The molecule has 0 spiro atoms. The minimum absolute atomic E-state index is 0.0207. The molecule has 1 aliphatic heterocycles. The standard InChI is InChI=1S/C36H37N9O5/c1-48-32-14-7-4-9-25(32)19-20-39-43-35(47)36(23-27-10-2-3-11-28(27)24-40-44-37)33(30-12-5-6-13-31(30)42-45-38)50-34(41-36)26-15-17-29(18-16-26)49-22-8-21-46/h2-7,9-18,33,39,46H,8,19-24H2,1H3,(H,43,47)/t33-,36-/m0/s1. The van der Waals surface area contributed by atoms with Gasteiger partial charge in [-0.1, -0.05) is 77.0 Å². The fourth-order valence-electron chi connectivity index (χ4n) is 5.75. The lowest BCUT2D eigenvalue weighted by atomic mass is 9.80. The number of para-hydroxylation sites is 1. The Morgan fingerprint density at radius 3 is 2.42 bits per heavy atom. The highest BCUT2D eigenvalue weighted by atomic mass is 16.5. The van der Waals surface area contributed by atoms with Crippen LogP contribution in [0.3, 0.4) is 0 Å². The predicted molar refractivity (Wildman–Crippen MR) is 188 cm³/mol. The summed E-state index contributed by atoms with van der Waals surface area (Å²) in [6, 6.07) is 29.0. The SMILES string of the molecule is COc1ccccc1CCNNC(=O)[C@@]1(Cc2ccccc2CN=[N+]=[N-])N=C(c2ccc(OCCCO)cc2)O[C@H]1c1ccccc1N=[N+]=[N-]. The first-order chi connectivity index (χ1) is 24.5. The van der Waals surface area contributed by atoms with E-state index in [0.717, 1.165) is 22.4 Å². The monoisotopic (exact) mass is 675 g/mol. The van der Waals surface area contributed by atoms with Crippen molar-refractivity contribution in [2.24, 2.45) is 15.2 Å². The Hall–Kier alpha value is -6.04. The number of amides is 1. The second kappa shape index (κ2) is 17.4. The maximum atomic E-state index is 14.7. The van der Waals surface area contributed by atoms with Gasteiger partial charge in [0.1, 0.15) is 11.5 Å².